The number of ether oxygens (including phenoxy) is 1. The molecular formula is C11H12Cl2O2. The lowest BCUT2D eigenvalue weighted by Gasteiger charge is -2.07. The van der Waals surface area contributed by atoms with Gasteiger partial charge in [0, 0.05) is 11.6 Å². The number of hydrogen-bond acceptors (Lipinski definition) is 2. The minimum Gasteiger partial charge on any atom is -0.492 e. The average Bonchev–Trinajstić information content (AvgIpc) is 2.95. The van der Waals surface area contributed by atoms with Gasteiger partial charge in [0.15, 0.2) is 0 Å². The Kier molecular flexibility index (Phi) is 3.39. The molecule has 0 aromatic heterocycles. The van der Waals surface area contributed by atoms with E-state index in [4.69, 9.17) is 33.0 Å². The topological polar surface area (TPSA) is 29.5 Å². The van der Waals surface area contributed by atoms with Crippen LogP contribution >= 0.6 is 23.2 Å². The van der Waals surface area contributed by atoms with Crippen molar-refractivity contribution in [3.8, 4) is 5.75 Å². The van der Waals surface area contributed by atoms with Crippen molar-refractivity contribution >= 4 is 23.2 Å². The van der Waals surface area contributed by atoms with E-state index < -0.39 is 0 Å². The lowest BCUT2D eigenvalue weighted by Crippen LogP contribution is -2.02. The fourth-order valence-electron chi connectivity index (χ4n) is 1.53. The number of benzene rings is 1. The van der Waals surface area contributed by atoms with Crippen LogP contribution < -0.4 is 4.74 Å². The molecule has 82 valence electrons. The number of hydrogen-bond donors (Lipinski definition) is 1. The molecule has 0 heterocycles. The molecule has 1 aromatic rings. The Labute approximate surface area is 98.8 Å². The molecule has 2 unspecified atom stereocenters. The molecule has 1 saturated carbocycles. The van der Waals surface area contributed by atoms with Crippen LogP contribution in [0.2, 0.25) is 10.0 Å². The summed E-state index contributed by atoms with van der Waals surface area (Å²) in [5.74, 6) is 1.54. The van der Waals surface area contributed by atoms with Crippen molar-refractivity contribution in [1.82, 2.24) is 0 Å². The fraction of sp³-hybridized carbons (Fsp3) is 0.455. The van der Waals surface area contributed by atoms with E-state index >= 15 is 0 Å². The van der Waals surface area contributed by atoms with Crippen LogP contribution in [0.1, 0.15) is 6.42 Å². The Bertz CT molecular complexity index is 354. The summed E-state index contributed by atoms with van der Waals surface area (Å²) in [6.07, 6.45) is 1.04. The van der Waals surface area contributed by atoms with Crippen molar-refractivity contribution in [2.24, 2.45) is 11.8 Å². The molecule has 0 bridgehead atoms. The number of halogens is 2. The summed E-state index contributed by atoms with van der Waals surface area (Å²) in [5, 5.41) is 10.0. The van der Waals surface area contributed by atoms with E-state index in [9.17, 15) is 0 Å². The van der Waals surface area contributed by atoms with Crippen molar-refractivity contribution in [1.29, 1.82) is 0 Å². The number of rotatable bonds is 4. The largest absolute Gasteiger partial charge is 0.492 e. The molecule has 1 aromatic carbocycles. The first-order chi connectivity index (χ1) is 7.20. The number of aliphatic hydroxyl groups is 1. The quantitative estimate of drug-likeness (QED) is 0.886. The third-order valence-corrected chi connectivity index (χ3v) is 3.18. The van der Waals surface area contributed by atoms with Gasteiger partial charge in [-0.15, -0.1) is 0 Å². The Morgan fingerprint density at radius 3 is 2.73 bits per heavy atom. The first-order valence-corrected chi connectivity index (χ1v) is 5.65. The summed E-state index contributed by atoms with van der Waals surface area (Å²) in [5.41, 5.74) is 0. The van der Waals surface area contributed by atoms with Crippen LogP contribution in [0, 0.1) is 11.8 Å². The molecular weight excluding hydrogens is 235 g/mol. The van der Waals surface area contributed by atoms with Crippen molar-refractivity contribution in [3.05, 3.63) is 28.2 Å². The van der Waals surface area contributed by atoms with E-state index in [1.165, 1.54) is 0 Å². The SMILES string of the molecule is OCC1CC1COc1ccc(Cl)cc1Cl. The summed E-state index contributed by atoms with van der Waals surface area (Å²) in [4.78, 5) is 0. The lowest BCUT2D eigenvalue weighted by atomic mass is 10.3. The second-order valence-electron chi connectivity index (χ2n) is 3.82. The highest BCUT2D eigenvalue weighted by molar-refractivity contribution is 6.35. The molecule has 0 saturated heterocycles. The molecule has 0 radical (unpaired) electrons. The van der Waals surface area contributed by atoms with Crippen LogP contribution in [0.15, 0.2) is 18.2 Å². The minimum absolute atomic E-state index is 0.252. The molecule has 2 atom stereocenters. The highest BCUT2D eigenvalue weighted by Crippen LogP contribution is 2.38. The third kappa shape index (κ3) is 2.77. The van der Waals surface area contributed by atoms with E-state index in [1.807, 2.05) is 0 Å². The second kappa shape index (κ2) is 4.60. The lowest BCUT2D eigenvalue weighted by molar-refractivity contribution is 0.243. The third-order valence-electron chi connectivity index (χ3n) is 2.65. The molecule has 0 spiro atoms. The second-order valence-corrected chi connectivity index (χ2v) is 4.67. The first-order valence-electron chi connectivity index (χ1n) is 4.89. The maximum absolute atomic E-state index is 8.87. The van der Waals surface area contributed by atoms with Gasteiger partial charge in [0.2, 0.25) is 0 Å². The molecule has 2 nitrogen and oxygen atoms in total. The molecule has 0 aliphatic heterocycles. The van der Waals surface area contributed by atoms with Crippen LogP contribution in [0.25, 0.3) is 0 Å². The normalized spacial score (nSPS) is 23.9. The van der Waals surface area contributed by atoms with E-state index in [2.05, 4.69) is 0 Å². The van der Waals surface area contributed by atoms with Gasteiger partial charge < -0.3 is 9.84 Å². The molecule has 0 amide bonds. The summed E-state index contributed by atoms with van der Waals surface area (Å²) >= 11 is 11.7. The molecule has 1 N–H and O–H groups in total. The van der Waals surface area contributed by atoms with Gasteiger partial charge in [0.1, 0.15) is 5.75 Å². The highest BCUT2D eigenvalue weighted by atomic mass is 35.5. The van der Waals surface area contributed by atoms with Gasteiger partial charge >= 0.3 is 0 Å². The van der Waals surface area contributed by atoms with Gasteiger partial charge in [0.25, 0.3) is 0 Å². The van der Waals surface area contributed by atoms with E-state index in [-0.39, 0.29) is 6.61 Å². The Morgan fingerprint density at radius 1 is 1.33 bits per heavy atom. The smallest absolute Gasteiger partial charge is 0.137 e. The molecule has 1 fully saturated rings. The molecule has 15 heavy (non-hydrogen) atoms. The predicted octanol–water partition coefficient (Wildman–Crippen LogP) is 3.00. The van der Waals surface area contributed by atoms with Gasteiger partial charge in [0.05, 0.1) is 11.6 Å². The Morgan fingerprint density at radius 2 is 2.13 bits per heavy atom. The molecule has 4 heteroatoms. The zero-order valence-corrected chi connectivity index (χ0v) is 9.63. The molecule has 1 aliphatic rings. The van der Waals surface area contributed by atoms with Crippen LogP contribution in [0.4, 0.5) is 0 Å². The van der Waals surface area contributed by atoms with Gasteiger partial charge in [-0.2, -0.15) is 0 Å². The monoisotopic (exact) mass is 246 g/mol. The molecule has 2 rings (SSSR count). The van der Waals surface area contributed by atoms with Crippen molar-refractivity contribution in [2.75, 3.05) is 13.2 Å². The van der Waals surface area contributed by atoms with Crippen LogP contribution in [0.3, 0.4) is 0 Å². The van der Waals surface area contributed by atoms with Gasteiger partial charge in [-0.1, -0.05) is 23.2 Å². The average molecular weight is 247 g/mol. The van der Waals surface area contributed by atoms with Gasteiger partial charge in [-0.05, 0) is 36.5 Å². The predicted molar refractivity (Wildman–Crippen MR) is 60.6 cm³/mol. The van der Waals surface area contributed by atoms with Crippen molar-refractivity contribution < 1.29 is 9.84 Å². The van der Waals surface area contributed by atoms with Crippen LogP contribution in [0.5, 0.6) is 5.75 Å². The maximum Gasteiger partial charge on any atom is 0.137 e. The minimum atomic E-state index is 0.252. The van der Waals surface area contributed by atoms with Crippen LogP contribution in [-0.4, -0.2) is 18.3 Å². The Balaban J connectivity index is 1.88. The van der Waals surface area contributed by atoms with Crippen LogP contribution in [-0.2, 0) is 0 Å². The van der Waals surface area contributed by atoms with E-state index in [0.29, 0.717) is 34.2 Å². The maximum atomic E-state index is 8.87. The highest BCUT2D eigenvalue weighted by Gasteiger charge is 2.36. The summed E-state index contributed by atoms with van der Waals surface area (Å²) in [7, 11) is 0. The summed E-state index contributed by atoms with van der Waals surface area (Å²) in [6.45, 7) is 0.870. The summed E-state index contributed by atoms with van der Waals surface area (Å²) in [6, 6.07) is 5.18. The van der Waals surface area contributed by atoms with Crippen molar-refractivity contribution in [2.45, 2.75) is 6.42 Å². The fourth-order valence-corrected chi connectivity index (χ4v) is 1.99. The van der Waals surface area contributed by atoms with E-state index in [0.717, 1.165) is 6.42 Å². The summed E-state index contributed by atoms with van der Waals surface area (Å²) < 4.78 is 5.55. The van der Waals surface area contributed by atoms with Gasteiger partial charge in [-0.3, -0.25) is 0 Å². The first kappa shape index (κ1) is 11.1. The molecule has 1 aliphatic carbocycles. The van der Waals surface area contributed by atoms with E-state index in [1.54, 1.807) is 18.2 Å². The number of aliphatic hydroxyl groups excluding tert-OH is 1. The zero-order chi connectivity index (χ0) is 10.8. The standard InChI is InChI=1S/C11H12Cl2O2/c12-9-1-2-11(10(13)4-9)15-6-8-3-7(8)5-14/h1-2,4,7-8,14H,3,5-6H2. The zero-order valence-electron chi connectivity index (χ0n) is 8.12. The Hall–Kier alpha value is -0.440. The van der Waals surface area contributed by atoms with Crippen molar-refractivity contribution in [3.63, 3.8) is 0 Å². The van der Waals surface area contributed by atoms with Gasteiger partial charge in [-0.25, -0.2) is 0 Å².